The van der Waals surface area contributed by atoms with Gasteiger partial charge in [-0.1, -0.05) is 11.6 Å². The van der Waals surface area contributed by atoms with Crippen LogP contribution in [-0.2, 0) is 20.0 Å². The van der Waals surface area contributed by atoms with Crippen molar-refractivity contribution >= 4 is 50.7 Å². The molecule has 0 aliphatic heterocycles. The summed E-state index contributed by atoms with van der Waals surface area (Å²) in [6, 6.07) is 8.86. The molecule has 5 rings (SSSR count). The predicted molar refractivity (Wildman–Crippen MR) is 142 cm³/mol. The van der Waals surface area contributed by atoms with Crippen molar-refractivity contribution in [2.45, 2.75) is 19.8 Å². The number of aryl methyl sites for hydroxylation is 1. The van der Waals surface area contributed by atoms with Crippen molar-refractivity contribution in [1.82, 2.24) is 24.5 Å². The highest BCUT2D eigenvalue weighted by Gasteiger charge is 2.35. The predicted octanol–water partition coefficient (Wildman–Crippen LogP) is 5.26. The Hall–Kier alpha value is -4.43. The van der Waals surface area contributed by atoms with Crippen LogP contribution < -0.4 is 15.8 Å². The molecule has 0 aliphatic carbocycles. The number of carbonyl (C=O) groups is 2. The fourth-order valence-electron chi connectivity index (χ4n) is 3.98. The third-order valence-electron chi connectivity index (χ3n) is 6.06. The van der Waals surface area contributed by atoms with Crippen molar-refractivity contribution in [2.24, 2.45) is 12.8 Å². The lowest BCUT2D eigenvalue weighted by Crippen LogP contribution is -2.21. The van der Waals surface area contributed by atoms with Crippen LogP contribution in [-0.4, -0.2) is 36.4 Å². The topological polar surface area (TPSA) is 130 Å². The summed E-state index contributed by atoms with van der Waals surface area (Å²) in [5, 5.41) is 11.5. The monoisotopic (exact) mass is 589 g/mol. The summed E-state index contributed by atoms with van der Waals surface area (Å²) < 4.78 is 49.7. The number of alkyl halides is 3. The smallest absolute Gasteiger partial charge is 0.433 e. The van der Waals surface area contributed by atoms with Gasteiger partial charge in [0.05, 0.1) is 11.9 Å². The first kappa shape index (κ1) is 27.1. The van der Waals surface area contributed by atoms with Crippen LogP contribution in [0.3, 0.4) is 0 Å². The molecule has 10 nitrogen and oxygen atoms in total. The average molecular weight is 590 g/mol. The SMILES string of the molecule is Cc1c(-c2cc(C(F)(F)F)nc3sc(C(N)=O)c(NC(=O)c4ccnn4COc4ccc(Cl)cc4)c23)cnn1C. The number of nitrogens with two attached hydrogens (primary N) is 1. The minimum Gasteiger partial charge on any atom is -0.471 e. The van der Waals surface area contributed by atoms with E-state index >= 15 is 0 Å². The van der Waals surface area contributed by atoms with Crippen molar-refractivity contribution < 1.29 is 27.5 Å². The molecule has 206 valence electrons. The van der Waals surface area contributed by atoms with Crippen LogP contribution in [0.1, 0.15) is 31.5 Å². The van der Waals surface area contributed by atoms with Crippen LogP contribution in [0.2, 0.25) is 5.02 Å². The lowest BCUT2D eigenvalue weighted by molar-refractivity contribution is -0.140. The van der Waals surface area contributed by atoms with E-state index in [9.17, 15) is 22.8 Å². The van der Waals surface area contributed by atoms with Gasteiger partial charge in [-0.05, 0) is 48.9 Å². The molecule has 0 radical (unpaired) electrons. The maximum absolute atomic E-state index is 13.8. The number of anilines is 1. The zero-order valence-corrected chi connectivity index (χ0v) is 22.4. The zero-order chi connectivity index (χ0) is 28.8. The minimum absolute atomic E-state index is 0.0581. The Morgan fingerprint density at radius 3 is 2.50 bits per heavy atom. The summed E-state index contributed by atoms with van der Waals surface area (Å²) in [6.07, 6.45) is -1.99. The molecule has 0 unspecified atom stereocenters. The molecule has 0 bridgehead atoms. The molecule has 2 amide bonds. The lowest BCUT2D eigenvalue weighted by Gasteiger charge is -2.13. The molecule has 0 saturated heterocycles. The number of amides is 2. The number of halogens is 4. The quantitative estimate of drug-likeness (QED) is 0.266. The standard InChI is InChI=1S/C25H19ClF3N7O3S/c1-12-16(10-32-35(12)2)15-9-18(25(27,28)29)33-24-19(15)20(21(40-24)22(30)37)34-23(38)17-7-8-31-36(17)11-39-14-5-3-13(26)4-6-14/h3-10H,11H2,1-2H3,(H2,30,37)(H,34,38). The van der Waals surface area contributed by atoms with Crippen molar-refractivity contribution in [3.63, 3.8) is 0 Å². The van der Waals surface area contributed by atoms with Gasteiger partial charge >= 0.3 is 6.18 Å². The molecule has 0 fully saturated rings. The Balaban J connectivity index is 1.58. The second-order valence-electron chi connectivity index (χ2n) is 8.57. The van der Waals surface area contributed by atoms with E-state index in [1.54, 1.807) is 38.2 Å². The van der Waals surface area contributed by atoms with Gasteiger partial charge < -0.3 is 15.8 Å². The van der Waals surface area contributed by atoms with Gasteiger partial charge in [0.2, 0.25) is 0 Å². The van der Waals surface area contributed by atoms with Gasteiger partial charge in [-0.25, -0.2) is 9.67 Å². The van der Waals surface area contributed by atoms with E-state index in [1.165, 1.54) is 27.8 Å². The van der Waals surface area contributed by atoms with Gasteiger partial charge in [0.25, 0.3) is 11.8 Å². The molecule has 0 spiro atoms. The number of hydrogen-bond donors (Lipinski definition) is 2. The Morgan fingerprint density at radius 2 is 1.88 bits per heavy atom. The molecule has 0 saturated carbocycles. The molecular weight excluding hydrogens is 571 g/mol. The summed E-state index contributed by atoms with van der Waals surface area (Å²) >= 11 is 6.54. The molecule has 15 heteroatoms. The van der Waals surface area contributed by atoms with Gasteiger partial charge in [0.1, 0.15) is 26.8 Å². The van der Waals surface area contributed by atoms with Crippen LogP contribution in [0.4, 0.5) is 18.9 Å². The summed E-state index contributed by atoms with van der Waals surface area (Å²) in [7, 11) is 1.64. The van der Waals surface area contributed by atoms with E-state index < -0.39 is 23.7 Å². The number of nitrogens with one attached hydrogen (secondary N) is 1. The fraction of sp³-hybridized carbons (Fsp3) is 0.160. The summed E-state index contributed by atoms with van der Waals surface area (Å²) in [5.41, 5.74) is 5.42. The van der Waals surface area contributed by atoms with E-state index in [4.69, 9.17) is 22.1 Å². The van der Waals surface area contributed by atoms with Gasteiger partial charge in [0, 0.05) is 34.9 Å². The Labute approximate surface area is 233 Å². The van der Waals surface area contributed by atoms with E-state index in [-0.39, 0.29) is 38.8 Å². The molecule has 4 heterocycles. The van der Waals surface area contributed by atoms with Crippen molar-refractivity contribution in [3.05, 3.63) is 75.8 Å². The zero-order valence-electron chi connectivity index (χ0n) is 20.8. The van der Waals surface area contributed by atoms with Crippen LogP contribution in [0.15, 0.2) is 48.8 Å². The number of rotatable bonds is 7. The van der Waals surface area contributed by atoms with E-state index in [2.05, 4.69) is 20.5 Å². The third-order valence-corrected chi connectivity index (χ3v) is 7.41. The Kier molecular flexibility index (Phi) is 6.98. The van der Waals surface area contributed by atoms with Crippen LogP contribution in [0, 0.1) is 6.92 Å². The number of hydrogen-bond acceptors (Lipinski definition) is 7. The molecule has 4 aromatic heterocycles. The van der Waals surface area contributed by atoms with E-state index in [1.807, 2.05) is 0 Å². The Morgan fingerprint density at radius 1 is 1.15 bits per heavy atom. The number of pyridine rings is 1. The summed E-state index contributed by atoms with van der Waals surface area (Å²) in [4.78, 5) is 29.2. The third kappa shape index (κ3) is 5.10. The Bertz CT molecular complexity index is 1760. The molecule has 5 aromatic rings. The first-order valence-electron chi connectivity index (χ1n) is 11.5. The number of ether oxygens (including phenoxy) is 1. The number of nitrogens with zero attached hydrogens (tertiary/aromatic N) is 5. The van der Waals surface area contributed by atoms with Crippen molar-refractivity contribution in [3.8, 4) is 16.9 Å². The molecule has 0 aliphatic rings. The lowest BCUT2D eigenvalue weighted by atomic mass is 10.0. The van der Waals surface area contributed by atoms with Crippen molar-refractivity contribution in [2.75, 3.05) is 5.32 Å². The summed E-state index contributed by atoms with van der Waals surface area (Å²) in [6.45, 7) is 1.54. The second kappa shape index (κ2) is 10.3. The number of fused-ring (bicyclic) bond motifs is 1. The largest absolute Gasteiger partial charge is 0.471 e. The van der Waals surface area contributed by atoms with Crippen molar-refractivity contribution in [1.29, 1.82) is 0 Å². The number of primary amides is 1. The number of carbonyl (C=O) groups excluding carboxylic acids is 2. The highest BCUT2D eigenvalue weighted by molar-refractivity contribution is 7.21. The van der Waals surface area contributed by atoms with Gasteiger partial charge in [-0.3, -0.25) is 14.3 Å². The minimum atomic E-state index is -4.77. The first-order chi connectivity index (χ1) is 18.9. The van der Waals surface area contributed by atoms with Crippen LogP contribution >= 0.6 is 22.9 Å². The number of thiophene rings is 1. The maximum Gasteiger partial charge on any atom is 0.433 e. The highest BCUT2D eigenvalue weighted by atomic mass is 35.5. The molecule has 0 atom stereocenters. The normalized spacial score (nSPS) is 11.7. The number of benzene rings is 1. The molecule has 40 heavy (non-hydrogen) atoms. The number of aromatic nitrogens is 5. The van der Waals surface area contributed by atoms with E-state index in [0.29, 0.717) is 33.4 Å². The highest BCUT2D eigenvalue weighted by Crippen LogP contribution is 2.44. The van der Waals surface area contributed by atoms with Gasteiger partial charge in [-0.15, -0.1) is 11.3 Å². The molecule has 1 aromatic carbocycles. The van der Waals surface area contributed by atoms with Crippen LogP contribution in [0.5, 0.6) is 5.75 Å². The maximum atomic E-state index is 13.8. The first-order valence-corrected chi connectivity index (χ1v) is 12.7. The fourth-order valence-corrected chi connectivity index (χ4v) is 5.12. The summed E-state index contributed by atoms with van der Waals surface area (Å²) in [5.74, 6) is -1.16. The molecular formula is C25H19ClF3N7O3S. The molecule has 3 N–H and O–H groups in total. The van der Waals surface area contributed by atoms with Gasteiger partial charge in [0.15, 0.2) is 6.73 Å². The van der Waals surface area contributed by atoms with Gasteiger partial charge in [-0.2, -0.15) is 23.4 Å². The second-order valence-corrected chi connectivity index (χ2v) is 10.0. The van der Waals surface area contributed by atoms with Crippen LogP contribution in [0.25, 0.3) is 21.3 Å². The van der Waals surface area contributed by atoms with E-state index in [0.717, 1.165) is 6.07 Å². The average Bonchev–Trinajstić information content (AvgIpc) is 3.60.